The maximum Gasteiger partial charge on any atom is 0.0439 e. The van der Waals surface area contributed by atoms with E-state index in [0.29, 0.717) is 6.04 Å². The molecule has 112 valence electrons. The Hall–Kier alpha value is -0.240. The fourth-order valence-corrected chi connectivity index (χ4v) is 3.58. The number of halogens is 2. The van der Waals surface area contributed by atoms with Crippen molar-refractivity contribution in [2.45, 2.75) is 57.9 Å². The van der Waals surface area contributed by atoms with Gasteiger partial charge in [-0.15, -0.1) is 0 Å². The van der Waals surface area contributed by atoms with Crippen molar-refractivity contribution in [3.05, 3.63) is 33.8 Å². The number of hydrogen-bond acceptors (Lipinski definition) is 1. The third-order valence-electron chi connectivity index (χ3n) is 4.23. The summed E-state index contributed by atoms with van der Waals surface area (Å²) in [6, 6.07) is 6.50. The number of hydrogen-bond donors (Lipinski definition) is 1. The molecule has 0 bridgehead atoms. The van der Waals surface area contributed by atoms with Gasteiger partial charge >= 0.3 is 0 Å². The first-order chi connectivity index (χ1) is 9.69. The Morgan fingerprint density at radius 1 is 1.20 bits per heavy atom. The fourth-order valence-electron chi connectivity index (χ4n) is 3.19. The summed E-state index contributed by atoms with van der Waals surface area (Å²) in [7, 11) is 0. The van der Waals surface area contributed by atoms with Crippen LogP contribution in [0.5, 0.6) is 0 Å². The van der Waals surface area contributed by atoms with Crippen LogP contribution in [-0.2, 0) is 6.42 Å². The summed E-state index contributed by atoms with van der Waals surface area (Å²) in [5, 5.41) is 5.34. The van der Waals surface area contributed by atoms with Gasteiger partial charge < -0.3 is 5.32 Å². The van der Waals surface area contributed by atoms with Crippen molar-refractivity contribution in [1.82, 2.24) is 5.32 Å². The van der Waals surface area contributed by atoms with Gasteiger partial charge in [-0.25, -0.2) is 0 Å². The smallest absolute Gasteiger partial charge is 0.0439 e. The lowest BCUT2D eigenvalue weighted by atomic mass is 9.91. The fraction of sp³-hybridized carbons (Fsp3) is 0.647. The molecule has 0 aromatic heterocycles. The molecule has 0 aliphatic heterocycles. The second-order valence-electron chi connectivity index (χ2n) is 5.98. The Bertz CT molecular complexity index is 419. The van der Waals surface area contributed by atoms with E-state index >= 15 is 0 Å². The van der Waals surface area contributed by atoms with Gasteiger partial charge in [-0.1, -0.05) is 49.4 Å². The lowest BCUT2D eigenvalue weighted by Crippen LogP contribution is -2.31. The molecular weight excluding hydrogens is 289 g/mol. The van der Waals surface area contributed by atoms with Crippen LogP contribution >= 0.6 is 23.2 Å². The van der Waals surface area contributed by atoms with E-state index in [0.717, 1.165) is 28.9 Å². The average Bonchev–Trinajstić information content (AvgIpc) is 2.66. The monoisotopic (exact) mass is 313 g/mol. The van der Waals surface area contributed by atoms with Crippen LogP contribution in [0.4, 0.5) is 0 Å². The highest BCUT2D eigenvalue weighted by molar-refractivity contribution is 6.33. The molecule has 2 atom stereocenters. The molecular formula is C17H25Cl2N. The molecule has 1 aliphatic carbocycles. The number of benzene rings is 1. The summed E-state index contributed by atoms with van der Waals surface area (Å²) in [6.45, 7) is 3.36. The van der Waals surface area contributed by atoms with Crippen molar-refractivity contribution in [1.29, 1.82) is 0 Å². The van der Waals surface area contributed by atoms with Gasteiger partial charge in [0, 0.05) is 16.1 Å². The first-order valence-electron chi connectivity index (χ1n) is 7.86. The summed E-state index contributed by atoms with van der Waals surface area (Å²) in [5.41, 5.74) is 1.21. The molecule has 2 unspecified atom stereocenters. The topological polar surface area (TPSA) is 12.0 Å². The van der Waals surface area contributed by atoms with Gasteiger partial charge in [-0.05, 0) is 61.9 Å². The number of nitrogens with one attached hydrogen (secondary N) is 1. The molecule has 0 radical (unpaired) electrons. The first-order valence-corrected chi connectivity index (χ1v) is 8.62. The van der Waals surface area contributed by atoms with Gasteiger partial charge in [0.15, 0.2) is 0 Å². The van der Waals surface area contributed by atoms with Crippen molar-refractivity contribution in [3.63, 3.8) is 0 Å². The second-order valence-corrected chi connectivity index (χ2v) is 6.82. The van der Waals surface area contributed by atoms with Gasteiger partial charge in [0.05, 0.1) is 0 Å². The van der Waals surface area contributed by atoms with Crippen LogP contribution in [0.25, 0.3) is 0 Å². The van der Waals surface area contributed by atoms with Crippen LogP contribution in [0.15, 0.2) is 18.2 Å². The highest BCUT2D eigenvalue weighted by Crippen LogP contribution is 2.30. The Morgan fingerprint density at radius 2 is 2.00 bits per heavy atom. The molecule has 0 heterocycles. The highest BCUT2D eigenvalue weighted by Gasteiger charge is 2.20. The molecule has 1 aromatic rings. The van der Waals surface area contributed by atoms with Crippen LogP contribution in [0.3, 0.4) is 0 Å². The molecule has 0 amide bonds. The van der Waals surface area contributed by atoms with Gasteiger partial charge in [0.25, 0.3) is 0 Å². The lowest BCUT2D eigenvalue weighted by molar-refractivity contribution is 0.384. The van der Waals surface area contributed by atoms with E-state index in [4.69, 9.17) is 23.2 Å². The van der Waals surface area contributed by atoms with Crippen molar-refractivity contribution < 1.29 is 0 Å². The maximum absolute atomic E-state index is 6.30. The van der Waals surface area contributed by atoms with Crippen LogP contribution in [0, 0.1) is 5.92 Å². The van der Waals surface area contributed by atoms with E-state index < -0.39 is 0 Å². The minimum Gasteiger partial charge on any atom is -0.314 e. The largest absolute Gasteiger partial charge is 0.314 e. The van der Waals surface area contributed by atoms with Crippen molar-refractivity contribution in [2.75, 3.05) is 6.54 Å². The molecule has 1 N–H and O–H groups in total. The molecule has 1 nitrogen and oxygen atoms in total. The Balaban J connectivity index is 1.97. The standard InChI is InChI=1S/C17H25Cl2N/c1-2-9-20-16-6-4-3-5-13(11-16)10-14-12-15(18)7-8-17(14)19/h7-8,12-13,16,20H,2-6,9-11H2,1H3. The van der Waals surface area contributed by atoms with Crippen molar-refractivity contribution in [2.24, 2.45) is 5.92 Å². The van der Waals surface area contributed by atoms with E-state index in [1.807, 2.05) is 18.2 Å². The summed E-state index contributed by atoms with van der Waals surface area (Å²) in [6.07, 6.45) is 8.86. The zero-order valence-electron chi connectivity index (χ0n) is 12.3. The SMILES string of the molecule is CCCNC1CCCCC(Cc2cc(Cl)ccc2Cl)C1. The molecule has 20 heavy (non-hydrogen) atoms. The molecule has 2 rings (SSSR count). The minimum atomic E-state index is 0.681. The van der Waals surface area contributed by atoms with Crippen LogP contribution < -0.4 is 5.32 Å². The van der Waals surface area contributed by atoms with Gasteiger partial charge in [-0.3, -0.25) is 0 Å². The van der Waals surface area contributed by atoms with E-state index in [9.17, 15) is 0 Å². The zero-order chi connectivity index (χ0) is 14.4. The predicted octanol–water partition coefficient (Wildman–Crippen LogP) is 5.48. The van der Waals surface area contributed by atoms with Crippen LogP contribution in [0.1, 0.15) is 51.0 Å². The van der Waals surface area contributed by atoms with Gasteiger partial charge in [0.1, 0.15) is 0 Å². The highest BCUT2D eigenvalue weighted by atomic mass is 35.5. The van der Waals surface area contributed by atoms with E-state index in [2.05, 4.69) is 12.2 Å². The summed E-state index contributed by atoms with van der Waals surface area (Å²) in [5.74, 6) is 0.725. The lowest BCUT2D eigenvalue weighted by Gasteiger charge is -2.21. The minimum absolute atomic E-state index is 0.681. The van der Waals surface area contributed by atoms with E-state index in [-0.39, 0.29) is 0 Å². The van der Waals surface area contributed by atoms with Crippen LogP contribution in [0.2, 0.25) is 10.0 Å². The van der Waals surface area contributed by atoms with Crippen molar-refractivity contribution >= 4 is 23.2 Å². The molecule has 3 heteroatoms. The molecule has 0 saturated heterocycles. The molecule has 1 fully saturated rings. The Labute approximate surface area is 133 Å². The van der Waals surface area contributed by atoms with Gasteiger partial charge in [-0.2, -0.15) is 0 Å². The first kappa shape index (κ1) is 16.1. The van der Waals surface area contributed by atoms with Crippen LogP contribution in [-0.4, -0.2) is 12.6 Å². The number of rotatable bonds is 5. The van der Waals surface area contributed by atoms with Crippen molar-refractivity contribution in [3.8, 4) is 0 Å². The molecule has 0 spiro atoms. The molecule has 1 saturated carbocycles. The normalized spacial score (nSPS) is 23.6. The van der Waals surface area contributed by atoms with E-state index in [1.54, 1.807) is 0 Å². The quantitative estimate of drug-likeness (QED) is 0.709. The third-order valence-corrected chi connectivity index (χ3v) is 4.84. The zero-order valence-corrected chi connectivity index (χ0v) is 13.8. The summed E-state index contributed by atoms with van der Waals surface area (Å²) in [4.78, 5) is 0. The maximum atomic E-state index is 6.30. The Kier molecular flexibility index (Phi) is 6.67. The molecule has 1 aliphatic rings. The van der Waals surface area contributed by atoms with Gasteiger partial charge in [0.2, 0.25) is 0 Å². The van der Waals surface area contributed by atoms with E-state index in [1.165, 1.54) is 44.1 Å². The summed E-state index contributed by atoms with van der Waals surface area (Å²) >= 11 is 12.4. The predicted molar refractivity (Wildman–Crippen MR) is 88.8 cm³/mol. The third kappa shape index (κ3) is 4.95. The Morgan fingerprint density at radius 3 is 2.80 bits per heavy atom. The summed E-state index contributed by atoms with van der Waals surface area (Å²) < 4.78 is 0. The molecule has 1 aromatic carbocycles. The average molecular weight is 314 g/mol. The second kappa shape index (κ2) is 8.26.